The second-order valence-electron chi connectivity index (χ2n) is 3.40. The summed E-state index contributed by atoms with van der Waals surface area (Å²) in [6.45, 7) is 0. The van der Waals surface area contributed by atoms with Gasteiger partial charge >= 0.3 is 12.5 Å². The van der Waals surface area contributed by atoms with Crippen molar-refractivity contribution >= 4 is 35.7 Å². The van der Waals surface area contributed by atoms with E-state index in [1.54, 1.807) is 0 Å². The Kier molecular flexibility index (Phi) is 5.05. The Morgan fingerprint density at radius 1 is 1.24 bits per heavy atom. The van der Waals surface area contributed by atoms with Crippen molar-refractivity contribution in [1.82, 2.24) is 4.98 Å². The normalized spacial score (nSPS) is 13.3. The molecular formula is C8H3BrClF6NO3S. The number of hydrogen-bond donors (Lipinski definition) is 0. The van der Waals surface area contributed by atoms with E-state index in [9.17, 15) is 34.8 Å². The molecule has 120 valence electrons. The first-order chi connectivity index (χ1) is 9.27. The second kappa shape index (κ2) is 5.80. The van der Waals surface area contributed by atoms with Crippen molar-refractivity contribution in [3.8, 4) is 5.75 Å². The van der Waals surface area contributed by atoms with E-state index in [1.165, 1.54) is 0 Å². The Morgan fingerprint density at radius 2 is 1.76 bits per heavy atom. The number of ether oxygens (including phenoxy) is 1. The smallest absolute Gasteiger partial charge is 0.405 e. The third-order valence-electron chi connectivity index (χ3n) is 1.98. The number of nitrogens with zero attached hydrogens (tertiary/aromatic N) is 1. The lowest BCUT2D eigenvalue weighted by molar-refractivity contribution is -0.276. The number of aromatic nitrogens is 1. The van der Waals surface area contributed by atoms with Crippen LogP contribution in [0.3, 0.4) is 0 Å². The highest BCUT2D eigenvalue weighted by molar-refractivity contribution is 9.08. The molecule has 0 aliphatic heterocycles. The fraction of sp³-hybridized carbons (Fsp3) is 0.375. The van der Waals surface area contributed by atoms with Gasteiger partial charge in [-0.2, -0.15) is 13.2 Å². The molecule has 0 aliphatic rings. The Balaban J connectivity index is 3.73. The first kappa shape index (κ1) is 18.3. The monoisotopic (exact) mass is 421 g/mol. The minimum absolute atomic E-state index is 0.0947. The number of pyridine rings is 1. The maximum atomic E-state index is 12.7. The van der Waals surface area contributed by atoms with Gasteiger partial charge in [-0.3, -0.25) is 0 Å². The van der Waals surface area contributed by atoms with Crippen molar-refractivity contribution in [2.24, 2.45) is 0 Å². The van der Waals surface area contributed by atoms with Gasteiger partial charge in [-0.1, -0.05) is 15.9 Å². The summed E-state index contributed by atoms with van der Waals surface area (Å²) in [6, 6.07) is 0. The summed E-state index contributed by atoms with van der Waals surface area (Å²) < 4.78 is 100. The molecule has 21 heavy (non-hydrogen) atoms. The van der Waals surface area contributed by atoms with Crippen molar-refractivity contribution in [1.29, 1.82) is 0 Å². The quantitative estimate of drug-likeness (QED) is 0.422. The van der Waals surface area contributed by atoms with Gasteiger partial charge < -0.3 is 4.74 Å². The lowest BCUT2D eigenvalue weighted by atomic mass is 10.2. The Bertz CT molecular complexity index is 645. The van der Waals surface area contributed by atoms with E-state index in [4.69, 9.17) is 10.7 Å². The Labute approximate surface area is 126 Å². The molecule has 0 fully saturated rings. The van der Waals surface area contributed by atoms with E-state index in [-0.39, 0.29) is 6.20 Å². The van der Waals surface area contributed by atoms with Gasteiger partial charge in [-0.25, -0.2) is 13.4 Å². The molecule has 0 aliphatic carbocycles. The van der Waals surface area contributed by atoms with Gasteiger partial charge in [0.05, 0.1) is 0 Å². The van der Waals surface area contributed by atoms with Crippen LogP contribution in [0.1, 0.15) is 11.1 Å². The average Bonchev–Trinajstić information content (AvgIpc) is 2.23. The third-order valence-corrected chi connectivity index (χ3v) is 3.79. The number of alkyl halides is 7. The van der Waals surface area contributed by atoms with Crippen LogP contribution in [0.15, 0.2) is 11.2 Å². The third kappa shape index (κ3) is 4.61. The van der Waals surface area contributed by atoms with Crippen molar-refractivity contribution in [3.05, 3.63) is 17.3 Å². The zero-order valence-electron chi connectivity index (χ0n) is 9.39. The minimum atomic E-state index is -5.47. The van der Waals surface area contributed by atoms with Gasteiger partial charge in [0.15, 0.2) is 5.03 Å². The van der Waals surface area contributed by atoms with E-state index >= 15 is 0 Å². The number of hydrogen-bond acceptors (Lipinski definition) is 4. The Morgan fingerprint density at radius 3 is 2.10 bits per heavy atom. The first-order valence-electron chi connectivity index (χ1n) is 4.63. The van der Waals surface area contributed by atoms with Gasteiger partial charge in [-0.05, 0) is 0 Å². The molecule has 0 spiro atoms. The molecule has 0 aromatic carbocycles. The van der Waals surface area contributed by atoms with Crippen LogP contribution in [0, 0.1) is 0 Å². The molecule has 0 bridgehead atoms. The molecule has 1 heterocycles. The first-order valence-corrected chi connectivity index (χ1v) is 8.06. The zero-order chi connectivity index (χ0) is 16.6. The molecular weight excluding hydrogens is 420 g/mol. The summed E-state index contributed by atoms with van der Waals surface area (Å²) >= 11 is 2.58. The molecule has 1 aromatic rings. The molecule has 1 rings (SSSR count). The summed E-state index contributed by atoms with van der Waals surface area (Å²) in [6.07, 6.45) is -10.8. The second-order valence-corrected chi connectivity index (χ2v) is 6.44. The molecule has 0 atom stereocenters. The predicted molar refractivity (Wildman–Crippen MR) is 61.6 cm³/mol. The van der Waals surface area contributed by atoms with E-state index in [0.717, 1.165) is 0 Å². The highest BCUT2D eigenvalue weighted by Crippen LogP contribution is 2.42. The molecule has 0 saturated carbocycles. The van der Waals surface area contributed by atoms with Crippen molar-refractivity contribution in [3.63, 3.8) is 0 Å². The van der Waals surface area contributed by atoms with Crippen LogP contribution < -0.4 is 4.74 Å². The van der Waals surface area contributed by atoms with Crippen LogP contribution in [0.5, 0.6) is 5.75 Å². The molecule has 0 unspecified atom stereocenters. The van der Waals surface area contributed by atoms with Crippen molar-refractivity contribution in [2.75, 3.05) is 0 Å². The summed E-state index contributed by atoms with van der Waals surface area (Å²) in [4.78, 5) is 2.96. The summed E-state index contributed by atoms with van der Waals surface area (Å²) in [5.74, 6) is -1.72. The molecule has 1 aromatic heterocycles. The van der Waals surface area contributed by atoms with Crippen LogP contribution in [-0.2, 0) is 20.6 Å². The molecule has 0 N–H and O–H groups in total. The topological polar surface area (TPSA) is 56.3 Å². The van der Waals surface area contributed by atoms with Gasteiger partial charge in [0.1, 0.15) is 11.3 Å². The molecule has 13 heteroatoms. The van der Waals surface area contributed by atoms with Gasteiger partial charge in [-0.15, -0.1) is 13.2 Å². The summed E-state index contributed by atoms with van der Waals surface area (Å²) in [7, 11) is 0.254. The average molecular weight is 423 g/mol. The van der Waals surface area contributed by atoms with Gasteiger partial charge in [0, 0.05) is 27.8 Å². The van der Waals surface area contributed by atoms with E-state index in [0.29, 0.717) is 0 Å². The molecule has 4 nitrogen and oxygen atoms in total. The van der Waals surface area contributed by atoms with Crippen LogP contribution in [0.4, 0.5) is 26.3 Å². The zero-order valence-corrected chi connectivity index (χ0v) is 12.5. The summed E-state index contributed by atoms with van der Waals surface area (Å²) in [5.41, 5.74) is -2.87. The van der Waals surface area contributed by atoms with E-state index < -0.39 is 48.8 Å². The van der Waals surface area contributed by atoms with E-state index in [2.05, 4.69) is 25.7 Å². The van der Waals surface area contributed by atoms with Crippen molar-refractivity contribution in [2.45, 2.75) is 22.9 Å². The molecule has 0 amide bonds. The largest absolute Gasteiger partial charge is 0.573 e. The minimum Gasteiger partial charge on any atom is -0.405 e. The van der Waals surface area contributed by atoms with Gasteiger partial charge in [0.25, 0.3) is 9.05 Å². The lowest BCUT2D eigenvalue weighted by Crippen LogP contribution is -2.22. The fourth-order valence-electron chi connectivity index (χ4n) is 1.28. The molecule has 0 saturated heterocycles. The van der Waals surface area contributed by atoms with Crippen molar-refractivity contribution < 1.29 is 39.5 Å². The Hall–Kier alpha value is -0.750. The number of halogens is 8. The lowest BCUT2D eigenvalue weighted by Gasteiger charge is -2.18. The standard InChI is InChI=1S/C8H3BrClF6NO3S/c9-1-3-5(20-8(14,15)16)4(7(11,12)13)2-17-6(3)21(10,18)19/h2H,1H2. The maximum Gasteiger partial charge on any atom is 0.573 e. The van der Waals surface area contributed by atoms with E-state index in [1.807, 2.05) is 0 Å². The van der Waals surface area contributed by atoms with Crippen LogP contribution in [-0.4, -0.2) is 19.8 Å². The number of rotatable bonds is 3. The highest BCUT2D eigenvalue weighted by atomic mass is 79.9. The molecule has 0 radical (unpaired) electrons. The fourth-order valence-corrected chi connectivity index (χ4v) is 3.02. The summed E-state index contributed by atoms with van der Waals surface area (Å²) in [5, 5.41) is -1.87. The van der Waals surface area contributed by atoms with Crippen LogP contribution in [0.2, 0.25) is 0 Å². The SMILES string of the molecule is O=S(=O)(Cl)c1ncc(C(F)(F)F)c(OC(F)(F)F)c1CBr. The van der Waals surface area contributed by atoms with Crippen LogP contribution >= 0.6 is 26.6 Å². The van der Waals surface area contributed by atoms with Crippen LogP contribution in [0.25, 0.3) is 0 Å². The maximum absolute atomic E-state index is 12.7. The van der Waals surface area contributed by atoms with Gasteiger partial charge in [0.2, 0.25) is 0 Å². The predicted octanol–water partition coefficient (Wildman–Crippen LogP) is 3.82. The highest BCUT2D eigenvalue weighted by Gasteiger charge is 2.42.